The zero-order chi connectivity index (χ0) is 12.7. The lowest BCUT2D eigenvalue weighted by Gasteiger charge is -2.29. The van der Waals surface area contributed by atoms with Crippen LogP contribution in [0.25, 0.3) is 0 Å². The molecular formula is C14H30N2O. The Morgan fingerprint density at radius 3 is 2.65 bits per heavy atom. The second-order valence-corrected chi connectivity index (χ2v) is 6.25. The average Bonchev–Trinajstić information content (AvgIpc) is 2.47. The lowest BCUT2D eigenvalue weighted by atomic mass is 10.1. The second-order valence-electron chi connectivity index (χ2n) is 6.25. The highest BCUT2D eigenvalue weighted by Gasteiger charge is 2.19. The van der Waals surface area contributed by atoms with E-state index < -0.39 is 0 Å². The number of hydrogen-bond acceptors (Lipinski definition) is 3. The third kappa shape index (κ3) is 6.39. The Morgan fingerprint density at radius 1 is 1.24 bits per heavy atom. The van der Waals surface area contributed by atoms with Gasteiger partial charge in [0, 0.05) is 11.6 Å². The minimum atomic E-state index is 0.217. The van der Waals surface area contributed by atoms with Crippen molar-refractivity contribution in [2.45, 2.75) is 64.5 Å². The van der Waals surface area contributed by atoms with Gasteiger partial charge < -0.3 is 10.4 Å². The average molecular weight is 242 g/mol. The van der Waals surface area contributed by atoms with Gasteiger partial charge in [-0.3, -0.25) is 4.90 Å². The fraction of sp³-hybridized carbons (Fsp3) is 1.00. The largest absolute Gasteiger partial charge is 0.395 e. The molecule has 1 saturated heterocycles. The Kier molecular flexibility index (Phi) is 6.45. The van der Waals surface area contributed by atoms with Crippen LogP contribution >= 0.6 is 0 Å². The Labute approximate surface area is 107 Å². The lowest BCUT2D eigenvalue weighted by molar-refractivity contribution is 0.122. The van der Waals surface area contributed by atoms with E-state index in [1.807, 2.05) is 0 Å². The van der Waals surface area contributed by atoms with Crippen LogP contribution in [0.3, 0.4) is 0 Å². The molecule has 1 aliphatic rings. The van der Waals surface area contributed by atoms with Crippen LogP contribution in [0.2, 0.25) is 0 Å². The highest BCUT2D eigenvalue weighted by Crippen LogP contribution is 2.16. The van der Waals surface area contributed by atoms with E-state index in [-0.39, 0.29) is 5.54 Å². The van der Waals surface area contributed by atoms with Gasteiger partial charge in [-0.1, -0.05) is 12.8 Å². The summed E-state index contributed by atoms with van der Waals surface area (Å²) in [6.45, 7) is 10.3. The third-order valence-corrected chi connectivity index (χ3v) is 3.49. The first kappa shape index (κ1) is 14.9. The molecule has 0 aromatic carbocycles. The van der Waals surface area contributed by atoms with Crippen molar-refractivity contribution in [2.75, 3.05) is 26.2 Å². The Hall–Kier alpha value is -0.120. The summed E-state index contributed by atoms with van der Waals surface area (Å²) in [4.78, 5) is 2.48. The Balaban J connectivity index is 2.23. The zero-order valence-corrected chi connectivity index (χ0v) is 11.8. The molecule has 1 heterocycles. The van der Waals surface area contributed by atoms with Crippen molar-refractivity contribution >= 4 is 0 Å². The molecule has 1 fully saturated rings. The van der Waals surface area contributed by atoms with Crippen molar-refractivity contribution in [3.63, 3.8) is 0 Å². The Bertz CT molecular complexity index is 201. The molecule has 3 heteroatoms. The summed E-state index contributed by atoms with van der Waals surface area (Å²) in [5, 5.41) is 12.9. The van der Waals surface area contributed by atoms with E-state index in [4.69, 9.17) is 0 Å². The molecule has 1 aliphatic heterocycles. The number of nitrogens with one attached hydrogen (secondary N) is 1. The maximum atomic E-state index is 9.41. The molecule has 0 saturated carbocycles. The van der Waals surface area contributed by atoms with E-state index in [9.17, 15) is 5.11 Å². The van der Waals surface area contributed by atoms with Crippen LogP contribution in [-0.2, 0) is 0 Å². The van der Waals surface area contributed by atoms with Gasteiger partial charge in [-0.25, -0.2) is 0 Å². The molecule has 3 nitrogen and oxygen atoms in total. The molecule has 1 rings (SSSR count). The maximum Gasteiger partial charge on any atom is 0.0586 e. The summed E-state index contributed by atoms with van der Waals surface area (Å²) in [5.74, 6) is 0. The summed E-state index contributed by atoms with van der Waals surface area (Å²) < 4.78 is 0. The van der Waals surface area contributed by atoms with Crippen LogP contribution in [0.5, 0.6) is 0 Å². The topological polar surface area (TPSA) is 35.5 Å². The maximum absolute atomic E-state index is 9.41. The van der Waals surface area contributed by atoms with Gasteiger partial charge in [-0.05, 0) is 59.7 Å². The molecule has 2 N–H and O–H groups in total. The predicted octanol–water partition coefficient (Wildman–Crippen LogP) is 2.00. The van der Waals surface area contributed by atoms with E-state index in [0.29, 0.717) is 12.6 Å². The first-order valence-corrected chi connectivity index (χ1v) is 7.13. The van der Waals surface area contributed by atoms with E-state index in [1.54, 1.807) is 0 Å². The van der Waals surface area contributed by atoms with Crippen LogP contribution in [0.1, 0.15) is 52.9 Å². The number of rotatable bonds is 5. The number of likely N-dealkylation sites (tertiary alicyclic amines) is 1. The van der Waals surface area contributed by atoms with Crippen LogP contribution in [0, 0.1) is 0 Å². The van der Waals surface area contributed by atoms with Crippen LogP contribution < -0.4 is 5.32 Å². The van der Waals surface area contributed by atoms with Crippen molar-refractivity contribution in [2.24, 2.45) is 0 Å². The summed E-state index contributed by atoms with van der Waals surface area (Å²) in [7, 11) is 0. The van der Waals surface area contributed by atoms with Crippen molar-refractivity contribution in [3.8, 4) is 0 Å². The normalized spacial score (nSPS) is 23.6. The molecule has 0 spiro atoms. The van der Waals surface area contributed by atoms with Gasteiger partial charge in [0.2, 0.25) is 0 Å². The molecule has 102 valence electrons. The summed E-state index contributed by atoms with van der Waals surface area (Å²) in [5.41, 5.74) is 0.217. The van der Waals surface area contributed by atoms with Crippen molar-refractivity contribution in [3.05, 3.63) is 0 Å². The van der Waals surface area contributed by atoms with Gasteiger partial charge in [0.25, 0.3) is 0 Å². The SMILES string of the molecule is CC(C)(C)NCCCN1CCCCCC1CO. The fourth-order valence-electron chi connectivity index (χ4n) is 2.48. The van der Waals surface area contributed by atoms with E-state index in [0.717, 1.165) is 13.1 Å². The highest BCUT2D eigenvalue weighted by molar-refractivity contribution is 4.76. The monoisotopic (exact) mass is 242 g/mol. The van der Waals surface area contributed by atoms with Crippen LogP contribution in [-0.4, -0.2) is 47.8 Å². The first-order chi connectivity index (χ1) is 8.03. The standard InChI is InChI=1S/C14H30N2O/c1-14(2,3)15-9-7-11-16-10-6-4-5-8-13(16)12-17/h13,15,17H,4-12H2,1-3H3. The van der Waals surface area contributed by atoms with E-state index in [2.05, 4.69) is 31.0 Å². The molecule has 0 aromatic heterocycles. The van der Waals surface area contributed by atoms with Gasteiger partial charge >= 0.3 is 0 Å². The molecule has 0 aliphatic carbocycles. The van der Waals surface area contributed by atoms with Gasteiger partial charge in [-0.2, -0.15) is 0 Å². The number of nitrogens with zero attached hydrogens (tertiary/aromatic N) is 1. The molecule has 0 bridgehead atoms. The third-order valence-electron chi connectivity index (χ3n) is 3.49. The molecule has 1 unspecified atom stereocenters. The molecule has 0 radical (unpaired) electrons. The molecule has 1 atom stereocenters. The zero-order valence-electron chi connectivity index (χ0n) is 11.8. The molecule has 0 amide bonds. The van der Waals surface area contributed by atoms with Gasteiger partial charge in [0.05, 0.1) is 6.61 Å². The minimum Gasteiger partial charge on any atom is -0.395 e. The predicted molar refractivity (Wildman–Crippen MR) is 73.3 cm³/mol. The summed E-state index contributed by atoms with van der Waals surface area (Å²) >= 11 is 0. The first-order valence-electron chi connectivity index (χ1n) is 7.13. The van der Waals surface area contributed by atoms with E-state index >= 15 is 0 Å². The summed E-state index contributed by atoms with van der Waals surface area (Å²) in [6.07, 6.45) is 6.25. The smallest absolute Gasteiger partial charge is 0.0586 e. The van der Waals surface area contributed by atoms with Gasteiger partial charge in [0.1, 0.15) is 0 Å². The number of aliphatic hydroxyl groups excluding tert-OH is 1. The summed E-state index contributed by atoms with van der Waals surface area (Å²) in [6, 6.07) is 0.409. The quantitative estimate of drug-likeness (QED) is 0.724. The van der Waals surface area contributed by atoms with Crippen molar-refractivity contribution < 1.29 is 5.11 Å². The van der Waals surface area contributed by atoms with Crippen molar-refractivity contribution in [1.82, 2.24) is 10.2 Å². The van der Waals surface area contributed by atoms with Gasteiger partial charge in [-0.15, -0.1) is 0 Å². The fourth-order valence-corrected chi connectivity index (χ4v) is 2.48. The Morgan fingerprint density at radius 2 is 2.00 bits per heavy atom. The number of aliphatic hydroxyl groups is 1. The second kappa shape index (κ2) is 7.34. The van der Waals surface area contributed by atoms with Crippen LogP contribution in [0.4, 0.5) is 0 Å². The number of hydrogen-bond donors (Lipinski definition) is 2. The molecule has 0 aromatic rings. The molecular weight excluding hydrogens is 212 g/mol. The molecule has 17 heavy (non-hydrogen) atoms. The highest BCUT2D eigenvalue weighted by atomic mass is 16.3. The van der Waals surface area contributed by atoms with Gasteiger partial charge in [0.15, 0.2) is 0 Å². The van der Waals surface area contributed by atoms with Crippen LogP contribution in [0.15, 0.2) is 0 Å². The lowest BCUT2D eigenvalue weighted by Crippen LogP contribution is -2.41. The van der Waals surface area contributed by atoms with E-state index in [1.165, 1.54) is 38.6 Å². The van der Waals surface area contributed by atoms with Crippen molar-refractivity contribution in [1.29, 1.82) is 0 Å². The minimum absolute atomic E-state index is 0.217.